The van der Waals surface area contributed by atoms with Gasteiger partial charge in [-0.15, -0.1) is 0 Å². The Labute approximate surface area is 78.9 Å². The molecule has 0 aliphatic rings. The molecule has 1 nitrogen and oxygen atoms in total. The third kappa shape index (κ3) is 4.19. The van der Waals surface area contributed by atoms with Gasteiger partial charge in [-0.05, 0) is 30.3 Å². The fourth-order valence-corrected chi connectivity index (χ4v) is 1.42. The Morgan fingerprint density at radius 2 is 1.69 bits per heavy atom. The topological polar surface area (TPSA) is 35.0 Å². The largest absolute Gasteiger partial charge is 0.446 e. The normalized spacial score (nSPS) is 10.8. The molecule has 0 bridgehead atoms. The summed E-state index contributed by atoms with van der Waals surface area (Å²) in [5, 5.41) is 0. The van der Waals surface area contributed by atoms with Crippen molar-refractivity contribution in [1.29, 1.82) is 0 Å². The Kier molecular flexibility index (Phi) is 4.29. The average Bonchev–Trinajstić information content (AvgIpc) is 1.91. The number of halogens is 3. The van der Waals surface area contributed by atoms with Gasteiger partial charge in [-0.3, -0.25) is 0 Å². The van der Waals surface area contributed by atoms with Crippen molar-refractivity contribution in [1.82, 2.24) is 6.15 Å². The molecule has 1 aromatic carbocycles. The SMILES string of the molecule is Cc1ccccc1SC(F)(F)F.N. The van der Waals surface area contributed by atoms with Crippen LogP contribution in [0.5, 0.6) is 0 Å². The molecule has 13 heavy (non-hydrogen) atoms. The van der Waals surface area contributed by atoms with Gasteiger partial charge in [0, 0.05) is 4.90 Å². The van der Waals surface area contributed by atoms with E-state index in [0.717, 1.165) is 0 Å². The molecule has 1 aromatic rings. The minimum Gasteiger partial charge on any atom is -0.344 e. The summed E-state index contributed by atoms with van der Waals surface area (Å²) in [6.07, 6.45) is 0. The molecule has 0 radical (unpaired) electrons. The zero-order chi connectivity index (χ0) is 9.19. The molecule has 0 aromatic heterocycles. The van der Waals surface area contributed by atoms with Crippen LogP contribution in [0.2, 0.25) is 0 Å². The van der Waals surface area contributed by atoms with Gasteiger partial charge in [-0.2, -0.15) is 13.2 Å². The maximum atomic E-state index is 11.9. The summed E-state index contributed by atoms with van der Waals surface area (Å²) in [4.78, 5) is 0.269. The van der Waals surface area contributed by atoms with Crippen LogP contribution < -0.4 is 6.15 Å². The first kappa shape index (κ1) is 12.3. The first-order chi connectivity index (χ1) is 5.49. The van der Waals surface area contributed by atoms with Crippen molar-refractivity contribution in [3.05, 3.63) is 29.8 Å². The van der Waals surface area contributed by atoms with Gasteiger partial charge < -0.3 is 6.15 Å². The van der Waals surface area contributed by atoms with E-state index < -0.39 is 5.51 Å². The van der Waals surface area contributed by atoms with E-state index in [0.29, 0.717) is 5.56 Å². The van der Waals surface area contributed by atoms with Crippen molar-refractivity contribution >= 4 is 11.8 Å². The second kappa shape index (κ2) is 4.53. The van der Waals surface area contributed by atoms with Crippen LogP contribution in [0.25, 0.3) is 0 Å². The lowest BCUT2D eigenvalue weighted by molar-refractivity contribution is -0.0328. The maximum Gasteiger partial charge on any atom is 0.446 e. The van der Waals surface area contributed by atoms with Gasteiger partial charge in [0.2, 0.25) is 0 Å². The van der Waals surface area contributed by atoms with Crippen molar-refractivity contribution in [2.45, 2.75) is 17.3 Å². The second-order valence-corrected chi connectivity index (χ2v) is 3.42. The fraction of sp³-hybridized carbons (Fsp3) is 0.250. The van der Waals surface area contributed by atoms with Gasteiger partial charge in [0.1, 0.15) is 0 Å². The van der Waals surface area contributed by atoms with Crippen LogP contribution in [0, 0.1) is 6.92 Å². The van der Waals surface area contributed by atoms with Gasteiger partial charge in [0.25, 0.3) is 0 Å². The highest BCUT2D eigenvalue weighted by molar-refractivity contribution is 8.00. The molecule has 0 aliphatic heterocycles. The Hall–Kier alpha value is -0.680. The van der Waals surface area contributed by atoms with Gasteiger partial charge in [0.15, 0.2) is 0 Å². The van der Waals surface area contributed by atoms with Crippen LogP contribution in [0.4, 0.5) is 13.2 Å². The van der Waals surface area contributed by atoms with Crippen LogP contribution in [-0.4, -0.2) is 5.51 Å². The first-order valence-electron chi connectivity index (χ1n) is 3.30. The van der Waals surface area contributed by atoms with E-state index in [4.69, 9.17) is 0 Å². The van der Waals surface area contributed by atoms with E-state index in [9.17, 15) is 13.2 Å². The average molecular weight is 209 g/mol. The van der Waals surface area contributed by atoms with Gasteiger partial charge >= 0.3 is 5.51 Å². The molecule has 0 saturated carbocycles. The highest BCUT2D eigenvalue weighted by atomic mass is 32.2. The molecule has 0 atom stereocenters. The van der Waals surface area contributed by atoms with Crippen LogP contribution >= 0.6 is 11.8 Å². The molecular formula is C8H10F3NS. The maximum absolute atomic E-state index is 11.9. The number of alkyl halides is 3. The van der Waals surface area contributed by atoms with Crippen molar-refractivity contribution in [3.8, 4) is 0 Å². The molecule has 3 N–H and O–H groups in total. The predicted octanol–water partition coefficient (Wildman–Crippen LogP) is 3.77. The highest BCUT2D eigenvalue weighted by Gasteiger charge is 2.29. The van der Waals surface area contributed by atoms with Crippen LogP contribution in [0.3, 0.4) is 0 Å². The van der Waals surface area contributed by atoms with Gasteiger partial charge in [-0.1, -0.05) is 18.2 Å². The lowest BCUT2D eigenvalue weighted by Gasteiger charge is -2.07. The minimum atomic E-state index is -4.19. The van der Waals surface area contributed by atoms with Crippen molar-refractivity contribution in [2.24, 2.45) is 0 Å². The number of benzene rings is 1. The van der Waals surface area contributed by atoms with E-state index in [2.05, 4.69) is 0 Å². The third-order valence-electron chi connectivity index (χ3n) is 1.32. The number of thioether (sulfide) groups is 1. The zero-order valence-corrected chi connectivity index (χ0v) is 7.88. The van der Waals surface area contributed by atoms with E-state index in [1.807, 2.05) is 0 Å². The fourth-order valence-electron chi connectivity index (χ4n) is 0.796. The molecule has 74 valence electrons. The molecule has 0 heterocycles. The zero-order valence-electron chi connectivity index (χ0n) is 7.06. The Balaban J connectivity index is 0.00000144. The summed E-state index contributed by atoms with van der Waals surface area (Å²) < 4.78 is 35.7. The smallest absolute Gasteiger partial charge is 0.344 e. The monoisotopic (exact) mass is 209 g/mol. The van der Waals surface area contributed by atoms with Crippen molar-refractivity contribution in [2.75, 3.05) is 0 Å². The van der Waals surface area contributed by atoms with Crippen molar-refractivity contribution < 1.29 is 13.2 Å². The summed E-state index contributed by atoms with van der Waals surface area (Å²) >= 11 is -0.0726. The van der Waals surface area contributed by atoms with Gasteiger partial charge in [0.05, 0.1) is 0 Å². The molecule has 0 fully saturated rings. The Morgan fingerprint density at radius 1 is 1.15 bits per heavy atom. The summed E-state index contributed by atoms with van der Waals surface area (Å²) in [5.41, 5.74) is -3.54. The lowest BCUT2D eigenvalue weighted by atomic mass is 10.2. The summed E-state index contributed by atoms with van der Waals surface area (Å²) in [6.45, 7) is 1.66. The molecule has 0 amide bonds. The Morgan fingerprint density at radius 3 is 2.15 bits per heavy atom. The van der Waals surface area contributed by atoms with Crippen molar-refractivity contribution in [3.63, 3.8) is 0 Å². The van der Waals surface area contributed by atoms with E-state index in [1.165, 1.54) is 6.07 Å². The number of hydrogen-bond acceptors (Lipinski definition) is 2. The quantitative estimate of drug-likeness (QED) is 0.714. The number of hydrogen-bond donors (Lipinski definition) is 1. The second-order valence-electron chi connectivity index (χ2n) is 2.31. The molecule has 0 unspecified atom stereocenters. The standard InChI is InChI=1S/C8H7F3S.H3N/c1-6-4-2-3-5-7(6)12-8(9,10)11;/h2-5H,1H3;1H3. The highest BCUT2D eigenvalue weighted by Crippen LogP contribution is 2.37. The molecule has 1 rings (SSSR count). The Bertz CT molecular complexity index is 272. The summed E-state index contributed by atoms with van der Waals surface area (Å²) in [5.74, 6) is 0. The predicted molar refractivity (Wildman–Crippen MR) is 48.1 cm³/mol. The molecule has 5 heteroatoms. The number of rotatable bonds is 1. The first-order valence-corrected chi connectivity index (χ1v) is 4.12. The van der Waals surface area contributed by atoms with Crippen LogP contribution in [0.15, 0.2) is 29.2 Å². The van der Waals surface area contributed by atoms with Crippen LogP contribution in [-0.2, 0) is 0 Å². The van der Waals surface area contributed by atoms with E-state index in [-0.39, 0.29) is 22.8 Å². The molecule has 0 aliphatic carbocycles. The minimum absolute atomic E-state index is 0. The molecule has 0 spiro atoms. The number of aryl methyl sites for hydroxylation is 1. The van der Waals surface area contributed by atoms with Crippen LogP contribution in [0.1, 0.15) is 5.56 Å². The van der Waals surface area contributed by atoms with E-state index in [1.54, 1.807) is 25.1 Å². The van der Waals surface area contributed by atoms with E-state index >= 15 is 0 Å². The lowest BCUT2D eigenvalue weighted by Crippen LogP contribution is -1.99. The summed E-state index contributed by atoms with van der Waals surface area (Å²) in [7, 11) is 0. The third-order valence-corrected chi connectivity index (χ3v) is 2.23. The summed E-state index contributed by atoms with van der Waals surface area (Å²) in [6, 6.07) is 6.44. The molecular weight excluding hydrogens is 199 g/mol. The van der Waals surface area contributed by atoms with Gasteiger partial charge in [-0.25, -0.2) is 0 Å². The molecule has 0 saturated heterocycles.